The van der Waals surface area contributed by atoms with Gasteiger partial charge in [0.15, 0.2) is 0 Å². The predicted octanol–water partition coefficient (Wildman–Crippen LogP) is 3.25. The summed E-state index contributed by atoms with van der Waals surface area (Å²) in [5.41, 5.74) is 3.77. The van der Waals surface area contributed by atoms with Crippen LogP contribution in [-0.2, 0) is 11.8 Å². The Bertz CT molecular complexity index is 538. The summed E-state index contributed by atoms with van der Waals surface area (Å²) in [5, 5.41) is 0. The fourth-order valence-electron chi connectivity index (χ4n) is 3.04. The minimum atomic E-state index is 0.472. The fraction of sp³-hybridized carbons (Fsp3) is 0.533. The van der Waals surface area contributed by atoms with Crippen molar-refractivity contribution in [3.63, 3.8) is 0 Å². The number of aromatic nitrogens is 2. The van der Waals surface area contributed by atoms with E-state index in [2.05, 4.69) is 27.8 Å². The predicted molar refractivity (Wildman–Crippen MR) is 72.7 cm³/mol. The van der Waals surface area contributed by atoms with Crippen LogP contribution in [0.3, 0.4) is 0 Å². The molecule has 1 aromatic heterocycles. The molecule has 3 heteroatoms. The van der Waals surface area contributed by atoms with Crippen LogP contribution in [0.4, 0.5) is 0 Å². The van der Waals surface area contributed by atoms with E-state index in [4.69, 9.17) is 4.74 Å². The second kappa shape index (κ2) is 4.73. The third kappa shape index (κ3) is 2.03. The van der Waals surface area contributed by atoms with E-state index in [0.29, 0.717) is 12.0 Å². The van der Waals surface area contributed by atoms with Crippen molar-refractivity contribution in [1.29, 1.82) is 0 Å². The quantitative estimate of drug-likeness (QED) is 0.811. The summed E-state index contributed by atoms with van der Waals surface area (Å²) < 4.78 is 7.50. The molecule has 3 rings (SSSR count). The molecule has 18 heavy (non-hydrogen) atoms. The lowest BCUT2D eigenvalue weighted by molar-refractivity contribution is 0.0659. The first-order chi connectivity index (χ1) is 8.78. The number of benzene rings is 1. The average molecular weight is 244 g/mol. The van der Waals surface area contributed by atoms with E-state index in [-0.39, 0.29) is 0 Å². The highest BCUT2D eigenvalue weighted by Crippen LogP contribution is 2.34. The number of rotatable bonds is 2. The molecule has 0 atom stereocenters. The molecule has 0 radical (unpaired) electrons. The summed E-state index contributed by atoms with van der Waals surface area (Å²) in [6.45, 7) is 0. The van der Waals surface area contributed by atoms with Gasteiger partial charge in [-0.1, -0.05) is 6.07 Å². The number of imidazole rings is 1. The summed E-state index contributed by atoms with van der Waals surface area (Å²) in [6.07, 6.45) is 7.19. The van der Waals surface area contributed by atoms with E-state index < -0.39 is 0 Å². The first kappa shape index (κ1) is 11.7. The Hall–Kier alpha value is -1.35. The van der Waals surface area contributed by atoms with Gasteiger partial charge in [-0.3, -0.25) is 0 Å². The smallest absolute Gasteiger partial charge is 0.0955 e. The van der Waals surface area contributed by atoms with Gasteiger partial charge < -0.3 is 9.30 Å². The van der Waals surface area contributed by atoms with Crippen molar-refractivity contribution >= 4 is 11.0 Å². The van der Waals surface area contributed by atoms with Crippen LogP contribution in [0.2, 0.25) is 0 Å². The zero-order valence-electron chi connectivity index (χ0n) is 11.1. The number of nitrogens with zero attached hydrogens (tertiary/aromatic N) is 2. The van der Waals surface area contributed by atoms with Crippen LogP contribution in [-0.4, -0.2) is 22.8 Å². The van der Waals surface area contributed by atoms with Crippen molar-refractivity contribution in [2.24, 2.45) is 7.05 Å². The highest BCUT2D eigenvalue weighted by molar-refractivity contribution is 5.76. The standard InChI is InChI=1S/C15H20N2O/c1-17-10-16-14-9-12(5-8-15(14)17)11-3-6-13(18-2)7-4-11/h5,8-11,13H,3-4,6-7H2,1-2H3. The molecule has 0 aliphatic heterocycles. The fourth-order valence-corrected chi connectivity index (χ4v) is 3.04. The topological polar surface area (TPSA) is 27.1 Å². The number of methoxy groups -OCH3 is 1. The lowest BCUT2D eigenvalue weighted by atomic mass is 9.82. The minimum absolute atomic E-state index is 0.472. The van der Waals surface area contributed by atoms with E-state index in [1.54, 1.807) is 0 Å². The van der Waals surface area contributed by atoms with Crippen LogP contribution >= 0.6 is 0 Å². The molecule has 1 aromatic carbocycles. The van der Waals surface area contributed by atoms with E-state index in [1.807, 2.05) is 20.5 Å². The molecule has 0 spiro atoms. The minimum Gasteiger partial charge on any atom is -0.381 e. The number of aryl methyl sites for hydroxylation is 1. The Morgan fingerprint density at radius 2 is 2.00 bits per heavy atom. The van der Waals surface area contributed by atoms with Gasteiger partial charge in [0.25, 0.3) is 0 Å². The van der Waals surface area contributed by atoms with Crippen LogP contribution in [0.25, 0.3) is 11.0 Å². The molecule has 96 valence electrons. The Labute approximate surface area is 108 Å². The SMILES string of the molecule is COC1CCC(c2ccc3c(c2)ncn3C)CC1. The van der Waals surface area contributed by atoms with Gasteiger partial charge in [-0.05, 0) is 49.3 Å². The number of hydrogen-bond acceptors (Lipinski definition) is 2. The van der Waals surface area contributed by atoms with Gasteiger partial charge in [0.2, 0.25) is 0 Å². The molecule has 1 heterocycles. The highest BCUT2D eigenvalue weighted by Gasteiger charge is 2.22. The third-order valence-corrected chi connectivity index (χ3v) is 4.23. The highest BCUT2D eigenvalue weighted by atomic mass is 16.5. The van der Waals surface area contributed by atoms with Gasteiger partial charge in [0.05, 0.1) is 23.5 Å². The van der Waals surface area contributed by atoms with Crippen LogP contribution in [0.5, 0.6) is 0 Å². The Morgan fingerprint density at radius 3 is 2.72 bits per heavy atom. The first-order valence-electron chi connectivity index (χ1n) is 6.71. The number of fused-ring (bicyclic) bond motifs is 1. The molecule has 0 saturated heterocycles. The largest absolute Gasteiger partial charge is 0.381 e. The molecule has 1 saturated carbocycles. The molecular weight excluding hydrogens is 224 g/mol. The maximum absolute atomic E-state index is 5.43. The molecule has 0 bridgehead atoms. The lowest BCUT2D eigenvalue weighted by Gasteiger charge is -2.27. The molecule has 0 amide bonds. The number of hydrogen-bond donors (Lipinski definition) is 0. The molecule has 0 N–H and O–H groups in total. The summed E-state index contributed by atoms with van der Waals surface area (Å²) in [5.74, 6) is 0.683. The molecular formula is C15H20N2O. The van der Waals surface area contributed by atoms with Crippen LogP contribution in [0.15, 0.2) is 24.5 Å². The van der Waals surface area contributed by atoms with Crippen molar-refractivity contribution in [3.05, 3.63) is 30.1 Å². The van der Waals surface area contributed by atoms with Gasteiger partial charge >= 0.3 is 0 Å². The van der Waals surface area contributed by atoms with Gasteiger partial charge in [0, 0.05) is 14.2 Å². The van der Waals surface area contributed by atoms with E-state index in [0.717, 1.165) is 5.52 Å². The second-order valence-electron chi connectivity index (χ2n) is 5.31. The van der Waals surface area contributed by atoms with Crippen molar-refractivity contribution in [2.45, 2.75) is 37.7 Å². The number of ether oxygens (including phenoxy) is 1. The van der Waals surface area contributed by atoms with E-state index in [1.165, 1.54) is 36.8 Å². The normalized spacial score (nSPS) is 24.6. The summed E-state index contributed by atoms with van der Waals surface area (Å²) >= 11 is 0. The molecule has 3 nitrogen and oxygen atoms in total. The van der Waals surface area contributed by atoms with Crippen LogP contribution < -0.4 is 0 Å². The molecule has 2 aromatic rings. The van der Waals surface area contributed by atoms with E-state index >= 15 is 0 Å². The molecule has 0 unspecified atom stereocenters. The monoisotopic (exact) mass is 244 g/mol. The van der Waals surface area contributed by atoms with Crippen molar-refractivity contribution < 1.29 is 4.74 Å². The molecule has 1 aliphatic rings. The third-order valence-electron chi connectivity index (χ3n) is 4.23. The molecule has 1 aliphatic carbocycles. The van der Waals surface area contributed by atoms with Crippen molar-refractivity contribution in [2.75, 3.05) is 7.11 Å². The summed E-state index contributed by atoms with van der Waals surface area (Å²) in [6, 6.07) is 6.72. The summed E-state index contributed by atoms with van der Waals surface area (Å²) in [7, 11) is 3.86. The first-order valence-corrected chi connectivity index (χ1v) is 6.71. The Kier molecular flexibility index (Phi) is 3.08. The van der Waals surface area contributed by atoms with Crippen molar-refractivity contribution in [1.82, 2.24) is 9.55 Å². The maximum atomic E-state index is 5.43. The van der Waals surface area contributed by atoms with E-state index in [9.17, 15) is 0 Å². The zero-order valence-corrected chi connectivity index (χ0v) is 11.1. The maximum Gasteiger partial charge on any atom is 0.0955 e. The van der Waals surface area contributed by atoms with Gasteiger partial charge in [-0.2, -0.15) is 0 Å². The van der Waals surface area contributed by atoms with Crippen LogP contribution in [0.1, 0.15) is 37.2 Å². The average Bonchev–Trinajstić information content (AvgIpc) is 2.80. The molecule has 1 fully saturated rings. The van der Waals surface area contributed by atoms with Crippen molar-refractivity contribution in [3.8, 4) is 0 Å². The van der Waals surface area contributed by atoms with Gasteiger partial charge in [-0.25, -0.2) is 4.98 Å². The lowest BCUT2D eigenvalue weighted by Crippen LogP contribution is -2.19. The van der Waals surface area contributed by atoms with Gasteiger partial charge in [0.1, 0.15) is 0 Å². The van der Waals surface area contributed by atoms with Crippen LogP contribution in [0, 0.1) is 0 Å². The Morgan fingerprint density at radius 1 is 1.22 bits per heavy atom. The zero-order chi connectivity index (χ0) is 12.5. The van der Waals surface area contributed by atoms with Gasteiger partial charge in [-0.15, -0.1) is 0 Å². The second-order valence-corrected chi connectivity index (χ2v) is 5.31. The Balaban J connectivity index is 1.82. The summed E-state index contributed by atoms with van der Waals surface area (Å²) in [4.78, 5) is 4.44.